The average Bonchev–Trinajstić information content (AvgIpc) is 1.91. The second kappa shape index (κ2) is 11.9. The summed E-state index contributed by atoms with van der Waals surface area (Å²) in [5, 5.41) is -0.508. The summed E-state index contributed by atoms with van der Waals surface area (Å²) in [6, 6.07) is 0. The van der Waals surface area contributed by atoms with Gasteiger partial charge in [0.15, 0.2) is 0 Å². The van der Waals surface area contributed by atoms with Gasteiger partial charge < -0.3 is 4.74 Å². The molecule has 0 aliphatic carbocycles. The second-order valence-corrected chi connectivity index (χ2v) is 1.96. The van der Waals surface area contributed by atoms with Crippen LogP contribution in [0.2, 0.25) is 0 Å². The van der Waals surface area contributed by atoms with E-state index in [9.17, 15) is 4.79 Å². The Balaban J connectivity index is 0. The lowest BCUT2D eigenvalue weighted by molar-refractivity contribution is -0.109. The van der Waals surface area contributed by atoms with Crippen LogP contribution < -0.4 is 0 Å². The molecule has 0 bridgehead atoms. The van der Waals surface area contributed by atoms with Gasteiger partial charge in [-0.25, -0.2) is 0 Å². The van der Waals surface area contributed by atoms with E-state index in [1.807, 2.05) is 13.8 Å². The molecule has 2 nitrogen and oxygen atoms in total. The summed E-state index contributed by atoms with van der Waals surface area (Å²) in [6.45, 7) is 5.67. The predicted molar refractivity (Wildman–Crippen MR) is 43.7 cm³/mol. The lowest BCUT2D eigenvalue weighted by atomic mass is 10.8. The molecular formula is C6H12Cl2O2. The van der Waals surface area contributed by atoms with Gasteiger partial charge >= 0.3 is 0 Å². The van der Waals surface area contributed by atoms with Gasteiger partial charge in [-0.3, -0.25) is 4.79 Å². The summed E-state index contributed by atoms with van der Waals surface area (Å²) in [5.74, 6) is -0.0957. The highest BCUT2D eigenvalue weighted by Crippen LogP contribution is 1.80. The first-order chi connectivity index (χ1) is 4.68. The first-order valence-corrected chi connectivity index (χ1v) is 3.92. The predicted octanol–water partition coefficient (Wildman–Crippen LogP) is 2.03. The van der Waals surface area contributed by atoms with Crippen LogP contribution in [0, 0.1) is 0 Å². The van der Waals surface area contributed by atoms with Crippen molar-refractivity contribution in [3.63, 3.8) is 0 Å². The zero-order chi connectivity index (χ0) is 8.41. The number of carbonyl (C=O) groups excluding carboxylic acids is 1. The Bertz CT molecular complexity index is 74.1. The minimum Gasteiger partial charge on any atom is -0.382 e. The van der Waals surface area contributed by atoms with Crippen molar-refractivity contribution in [2.45, 2.75) is 13.8 Å². The van der Waals surface area contributed by atoms with Crippen LogP contribution in [0.4, 0.5) is 0 Å². The molecule has 0 aliphatic heterocycles. The van der Waals surface area contributed by atoms with Crippen molar-refractivity contribution in [1.82, 2.24) is 0 Å². The quantitative estimate of drug-likeness (QED) is 0.499. The van der Waals surface area contributed by atoms with E-state index < -0.39 is 5.24 Å². The van der Waals surface area contributed by atoms with Crippen LogP contribution in [0.5, 0.6) is 0 Å². The van der Waals surface area contributed by atoms with E-state index in [4.69, 9.17) is 27.9 Å². The Labute approximate surface area is 71.5 Å². The van der Waals surface area contributed by atoms with E-state index in [1.165, 1.54) is 0 Å². The van der Waals surface area contributed by atoms with Gasteiger partial charge in [-0.2, -0.15) is 0 Å². The van der Waals surface area contributed by atoms with Gasteiger partial charge in [-0.1, -0.05) is 0 Å². The molecule has 0 fully saturated rings. The molecule has 0 amide bonds. The molecule has 62 valence electrons. The van der Waals surface area contributed by atoms with Crippen molar-refractivity contribution in [2.75, 3.05) is 19.1 Å². The topological polar surface area (TPSA) is 26.3 Å². The van der Waals surface area contributed by atoms with Crippen molar-refractivity contribution in [1.29, 1.82) is 0 Å². The van der Waals surface area contributed by atoms with Gasteiger partial charge in [0.25, 0.3) is 0 Å². The highest BCUT2D eigenvalue weighted by molar-refractivity contribution is 6.67. The molecule has 0 saturated heterocycles. The van der Waals surface area contributed by atoms with E-state index in [-0.39, 0.29) is 5.88 Å². The first kappa shape index (κ1) is 12.8. The molecule has 0 rings (SSSR count). The third kappa shape index (κ3) is 24.1. The van der Waals surface area contributed by atoms with Crippen LogP contribution in [-0.4, -0.2) is 24.3 Å². The fourth-order valence-corrected chi connectivity index (χ4v) is 0.204. The minimum absolute atomic E-state index is 0.0957. The van der Waals surface area contributed by atoms with Gasteiger partial charge in [0.1, 0.15) is 0 Å². The van der Waals surface area contributed by atoms with Crippen molar-refractivity contribution >= 4 is 28.4 Å². The van der Waals surface area contributed by atoms with Crippen LogP contribution in [0.15, 0.2) is 0 Å². The number of alkyl halides is 1. The second-order valence-electron chi connectivity index (χ2n) is 1.27. The molecule has 4 heteroatoms. The molecule has 0 N–H and O–H groups in total. The lowest BCUT2D eigenvalue weighted by Crippen LogP contribution is -1.84. The Hall–Kier alpha value is 0.210. The normalized spacial score (nSPS) is 8.00. The zero-order valence-electron chi connectivity index (χ0n) is 6.19. The van der Waals surface area contributed by atoms with Gasteiger partial charge in [0, 0.05) is 13.2 Å². The van der Waals surface area contributed by atoms with Crippen LogP contribution in [0.25, 0.3) is 0 Å². The summed E-state index contributed by atoms with van der Waals surface area (Å²) in [6.07, 6.45) is 0. The molecule has 0 saturated carbocycles. The molecule has 0 aromatic rings. The molecular weight excluding hydrogens is 175 g/mol. The number of carbonyl (C=O) groups is 1. The minimum atomic E-state index is -0.508. The lowest BCUT2D eigenvalue weighted by Gasteiger charge is -1.86. The van der Waals surface area contributed by atoms with Gasteiger partial charge in [-0.15, -0.1) is 11.6 Å². The van der Waals surface area contributed by atoms with Crippen molar-refractivity contribution < 1.29 is 9.53 Å². The molecule has 0 aliphatic rings. The number of hydrogen-bond acceptors (Lipinski definition) is 2. The van der Waals surface area contributed by atoms with Gasteiger partial charge in [-0.05, 0) is 25.4 Å². The Morgan fingerprint density at radius 1 is 1.40 bits per heavy atom. The zero-order valence-corrected chi connectivity index (χ0v) is 7.71. The standard InChI is InChI=1S/C4H10O.C2H2Cl2O/c1-3-5-4-2;3-1-2(4)5/h3-4H2,1-2H3;1H2. The van der Waals surface area contributed by atoms with E-state index in [0.29, 0.717) is 0 Å². The van der Waals surface area contributed by atoms with E-state index >= 15 is 0 Å². The Morgan fingerprint density at radius 2 is 1.70 bits per heavy atom. The van der Waals surface area contributed by atoms with E-state index in [2.05, 4.69) is 0 Å². The summed E-state index contributed by atoms with van der Waals surface area (Å²) in [7, 11) is 0. The average molecular weight is 187 g/mol. The van der Waals surface area contributed by atoms with Crippen LogP contribution in [0.1, 0.15) is 13.8 Å². The highest BCUT2D eigenvalue weighted by atomic mass is 35.5. The maximum absolute atomic E-state index is 9.45. The number of rotatable bonds is 3. The molecule has 0 aromatic carbocycles. The number of hydrogen-bond donors (Lipinski definition) is 0. The molecule has 0 aromatic heterocycles. The van der Waals surface area contributed by atoms with Crippen LogP contribution in [-0.2, 0) is 9.53 Å². The molecule has 0 heterocycles. The molecule has 0 radical (unpaired) electrons. The fraction of sp³-hybridized carbons (Fsp3) is 0.833. The Morgan fingerprint density at radius 3 is 1.70 bits per heavy atom. The van der Waals surface area contributed by atoms with E-state index in [1.54, 1.807) is 0 Å². The third-order valence-electron chi connectivity index (χ3n) is 0.513. The smallest absolute Gasteiger partial charge is 0.236 e. The maximum atomic E-state index is 9.45. The van der Waals surface area contributed by atoms with Crippen molar-refractivity contribution in [3.8, 4) is 0 Å². The number of ether oxygens (including phenoxy) is 1. The summed E-state index contributed by atoms with van der Waals surface area (Å²) >= 11 is 9.55. The largest absolute Gasteiger partial charge is 0.382 e. The SMILES string of the molecule is CCOCC.O=C(Cl)CCl. The molecule has 0 atom stereocenters. The third-order valence-corrected chi connectivity index (χ3v) is 1.03. The number of halogens is 2. The summed E-state index contributed by atoms with van der Waals surface area (Å²) < 4.78 is 4.83. The summed E-state index contributed by atoms with van der Waals surface area (Å²) in [4.78, 5) is 9.45. The first-order valence-electron chi connectivity index (χ1n) is 3.01. The summed E-state index contributed by atoms with van der Waals surface area (Å²) in [5.41, 5.74) is 0. The van der Waals surface area contributed by atoms with E-state index in [0.717, 1.165) is 13.2 Å². The van der Waals surface area contributed by atoms with Gasteiger partial charge in [0.2, 0.25) is 5.24 Å². The fourth-order valence-electron chi connectivity index (χ4n) is 0.204. The van der Waals surface area contributed by atoms with Crippen molar-refractivity contribution in [3.05, 3.63) is 0 Å². The monoisotopic (exact) mass is 186 g/mol. The molecule has 0 unspecified atom stereocenters. The highest BCUT2D eigenvalue weighted by Gasteiger charge is 1.83. The van der Waals surface area contributed by atoms with Crippen LogP contribution in [0.3, 0.4) is 0 Å². The van der Waals surface area contributed by atoms with Crippen LogP contribution >= 0.6 is 23.2 Å². The Kier molecular flexibility index (Phi) is 15.3. The maximum Gasteiger partial charge on any atom is 0.236 e. The van der Waals surface area contributed by atoms with Gasteiger partial charge in [0.05, 0.1) is 5.88 Å². The van der Waals surface area contributed by atoms with Crippen molar-refractivity contribution in [2.24, 2.45) is 0 Å². The molecule has 0 spiro atoms. The molecule has 10 heavy (non-hydrogen) atoms.